The molecule has 0 spiro atoms. The van der Waals surface area contributed by atoms with Crippen LogP contribution in [0, 0.1) is 5.82 Å². The summed E-state index contributed by atoms with van der Waals surface area (Å²) in [6, 6.07) is 13.5. The van der Waals surface area contributed by atoms with Crippen LogP contribution in [0.4, 0.5) is 4.39 Å². The Hall–Kier alpha value is -2.36. The molecule has 3 nitrogen and oxygen atoms in total. The molecule has 20 heavy (non-hydrogen) atoms. The van der Waals surface area contributed by atoms with Crippen LogP contribution in [-0.2, 0) is 6.42 Å². The van der Waals surface area contributed by atoms with Gasteiger partial charge in [-0.3, -0.25) is 4.79 Å². The topological polar surface area (TPSA) is 38.3 Å². The largest absolute Gasteiger partial charge is 0.470 e. The van der Waals surface area contributed by atoms with E-state index in [1.165, 1.54) is 12.1 Å². The minimum Gasteiger partial charge on any atom is -0.470 e. The number of carbonyl (C=O) groups is 1. The molecule has 0 fully saturated rings. The minimum absolute atomic E-state index is 0.115. The predicted octanol–water partition coefficient (Wildman–Crippen LogP) is 2.91. The van der Waals surface area contributed by atoms with Gasteiger partial charge in [0.1, 0.15) is 11.6 Å². The minimum atomic E-state index is -0.345. The third-order valence-electron chi connectivity index (χ3n) is 3.30. The van der Waals surface area contributed by atoms with Gasteiger partial charge >= 0.3 is 0 Å². The lowest BCUT2D eigenvalue weighted by Crippen LogP contribution is -2.43. The zero-order chi connectivity index (χ0) is 13.9. The Balaban J connectivity index is 1.65. The normalized spacial score (nSPS) is 17.1. The summed E-state index contributed by atoms with van der Waals surface area (Å²) in [6.07, 6.45) is 1.02. The highest BCUT2D eigenvalue weighted by Crippen LogP contribution is 2.23. The maximum Gasteiger partial charge on any atom is 0.257 e. The fourth-order valence-electron chi connectivity index (χ4n) is 2.24. The Morgan fingerprint density at radius 3 is 2.65 bits per heavy atom. The predicted molar refractivity (Wildman–Crippen MR) is 73.0 cm³/mol. The van der Waals surface area contributed by atoms with Crippen LogP contribution in [0.1, 0.15) is 22.3 Å². The third-order valence-corrected chi connectivity index (χ3v) is 3.30. The first-order valence-corrected chi connectivity index (χ1v) is 6.53. The second kappa shape index (κ2) is 5.33. The molecule has 4 heteroatoms. The number of fused-ring (bicyclic) bond motifs is 1. The van der Waals surface area contributed by atoms with Crippen LogP contribution in [0.25, 0.3) is 0 Å². The van der Waals surface area contributed by atoms with E-state index in [-0.39, 0.29) is 18.0 Å². The van der Waals surface area contributed by atoms with Crippen molar-refractivity contribution in [1.29, 1.82) is 0 Å². The van der Waals surface area contributed by atoms with Crippen LogP contribution in [0.5, 0.6) is 5.75 Å². The van der Waals surface area contributed by atoms with Gasteiger partial charge < -0.3 is 10.1 Å². The van der Waals surface area contributed by atoms with E-state index in [0.29, 0.717) is 24.2 Å². The van der Waals surface area contributed by atoms with Crippen LogP contribution in [0.2, 0.25) is 0 Å². The van der Waals surface area contributed by atoms with Gasteiger partial charge in [-0.2, -0.15) is 0 Å². The molecule has 1 heterocycles. The molecule has 1 aliphatic heterocycles. The van der Waals surface area contributed by atoms with Crippen molar-refractivity contribution in [3.63, 3.8) is 0 Å². The molecule has 1 aliphatic rings. The number of hydrogen-bond acceptors (Lipinski definition) is 2. The molecule has 0 aromatic heterocycles. The SMILES string of the molecule is O=C1NC(CCc2ccc(F)cc2)Oc2ccccc21. The fraction of sp³-hybridized carbons (Fsp3) is 0.188. The Labute approximate surface area is 116 Å². The van der Waals surface area contributed by atoms with Crippen LogP contribution in [-0.4, -0.2) is 12.1 Å². The van der Waals surface area contributed by atoms with Gasteiger partial charge in [-0.1, -0.05) is 24.3 Å². The standard InChI is InChI=1S/C16H14FNO2/c17-12-8-5-11(6-9-12)7-10-15-18-16(19)13-3-1-2-4-14(13)20-15/h1-6,8-9,15H,7,10H2,(H,18,19). The van der Waals surface area contributed by atoms with Crippen LogP contribution < -0.4 is 10.1 Å². The molecule has 0 radical (unpaired) electrons. The molecule has 3 rings (SSSR count). The quantitative estimate of drug-likeness (QED) is 0.932. The summed E-state index contributed by atoms with van der Waals surface area (Å²) in [7, 11) is 0. The van der Waals surface area contributed by atoms with Crippen molar-refractivity contribution < 1.29 is 13.9 Å². The summed E-state index contributed by atoms with van der Waals surface area (Å²) in [4.78, 5) is 11.9. The second-order valence-corrected chi connectivity index (χ2v) is 4.74. The molecule has 1 N–H and O–H groups in total. The number of amides is 1. The van der Waals surface area contributed by atoms with E-state index in [1.54, 1.807) is 30.3 Å². The van der Waals surface area contributed by atoms with Gasteiger partial charge in [-0.25, -0.2) is 4.39 Å². The lowest BCUT2D eigenvalue weighted by Gasteiger charge is -2.26. The smallest absolute Gasteiger partial charge is 0.257 e. The van der Waals surface area contributed by atoms with Crippen LogP contribution in [0.3, 0.4) is 0 Å². The fourth-order valence-corrected chi connectivity index (χ4v) is 2.24. The van der Waals surface area contributed by atoms with E-state index in [2.05, 4.69) is 5.32 Å². The first kappa shape index (κ1) is 12.7. The molecule has 1 unspecified atom stereocenters. The second-order valence-electron chi connectivity index (χ2n) is 4.74. The van der Waals surface area contributed by atoms with Gasteiger partial charge in [0.05, 0.1) is 5.56 Å². The first-order chi connectivity index (χ1) is 9.72. The van der Waals surface area contributed by atoms with E-state index in [4.69, 9.17) is 4.74 Å². The van der Waals surface area contributed by atoms with E-state index in [9.17, 15) is 9.18 Å². The van der Waals surface area contributed by atoms with Crippen LogP contribution in [0.15, 0.2) is 48.5 Å². The van der Waals surface area contributed by atoms with Gasteiger partial charge in [0, 0.05) is 6.42 Å². The Bertz CT molecular complexity index is 625. The van der Waals surface area contributed by atoms with Gasteiger partial charge in [0.25, 0.3) is 5.91 Å². The number of ether oxygens (including phenoxy) is 1. The van der Waals surface area contributed by atoms with Crippen molar-refractivity contribution in [3.8, 4) is 5.75 Å². The number of halogens is 1. The number of para-hydroxylation sites is 1. The number of benzene rings is 2. The highest BCUT2D eigenvalue weighted by atomic mass is 19.1. The average Bonchev–Trinajstić information content (AvgIpc) is 2.47. The lowest BCUT2D eigenvalue weighted by atomic mass is 10.1. The Kier molecular flexibility index (Phi) is 3.37. The van der Waals surface area contributed by atoms with E-state index in [0.717, 1.165) is 5.56 Å². The number of aryl methyl sites for hydroxylation is 1. The van der Waals surface area contributed by atoms with E-state index >= 15 is 0 Å². The van der Waals surface area contributed by atoms with Gasteiger partial charge in [0.15, 0.2) is 6.23 Å². The number of carbonyl (C=O) groups excluding carboxylic acids is 1. The van der Waals surface area contributed by atoms with E-state index < -0.39 is 0 Å². The maximum atomic E-state index is 12.8. The van der Waals surface area contributed by atoms with Crippen molar-refractivity contribution in [2.24, 2.45) is 0 Å². The summed E-state index contributed by atoms with van der Waals surface area (Å²) in [5.41, 5.74) is 1.58. The number of hydrogen-bond donors (Lipinski definition) is 1. The zero-order valence-corrected chi connectivity index (χ0v) is 10.8. The summed E-state index contributed by atoms with van der Waals surface area (Å²) >= 11 is 0. The monoisotopic (exact) mass is 271 g/mol. The molecule has 102 valence electrons. The molecule has 0 saturated heterocycles. The highest BCUT2D eigenvalue weighted by Gasteiger charge is 2.24. The number of rotatable bonds is 3. The van der Waals surface area contributed by atoms with Gasteiger partial charge in [-0.05, 0) is 36.2 Å². The Morgan fingerprint density at radius 2 is 1.85 bits per heavy atom. The molecule has 2 aromatic carbocycles. The van der Waals surface area contributed by atoms with Crippen molar-refractivity contribution in [3.05, 3.63) is 65.5 Å². The van der Waals surface area contributed by atoms with Crippen molar-refractivity contribution >= 4 is 5.91 Å². The summed E-state index contributed by atoms with van der Waals surface area (Å²) in [5, 5.41) is 2.82. The molecule has 0 saturated carbocycles. The number of nitrogens with one attached hydrogen (secondary N) is 1. The van der Waals surface area contributed by atoms with E-state index in [1.807, 2.05) is 6.07 Å². The maximum absolute atomic E-state index is 12.8. The van der Waals surface area contributed by atoms with Crippen molar-refractivity contribution in [2.45, 2.75) is 19.1 Å². The van der Waals surface area contributed by atoms with Gasteiger partial charge in [0.2, 0.25) is 0 Å². The van der Waals surface area contributed by atoms with Crippen molar-refractivity contribution in [1.82, 2.24) is 5.32 Å². The summed E-state index contributed by atoms with van der Waals surface area (Å²) < 4.78 is 18.6. The molecule has 1 amide bonds. The van der Waals surface area contributed by atoms with Crippen LogP contribution >= 0.6 is 0 Å². The molecule has 0 bridgehead atoms. The molecule has 2 aromatic rings. The van der Waals surface area contributed by atoms with Gasteiger partial charge in [-0.15, -0.1) is 0 Å². The average molecular weight is 271 g/mol. The third kappa shape index (κ3) is 2.64. The molecule has 0 aliphatic carbocycles. The summed E-state index contributed by atoms with van der Waals surface area (Å²) in [6.45, 7) is 0. The van der Waals surface area contributed by atoms with Crippen molar-refractivity contribution in [2.75, 3.05) is 0 Å². The zero-order valence-electron chi connectivity index (χ0n) is 10.8. The highest BCUT2D eigenvalue weighted by molar-refractivity contribution is 5.97. The Morgan fingerprint density at radius 1 is 1.10 bits per heavy atom. The first-order valence-electron chi connectivity index (χ1n) is 6.53. The molecular weight excluding hydrogens is 257 g/mol. The molecular formula is C16H14FNO2. The molecule has 1 atom stereocenters. The summed E-state index contributed by atoms with van der Waals surface area (Å²) in [5.74, 6) is 0.251. The lowest BCUT2D eigenvalue weighted by molar-refractivity contribution is 0.0741.